The summed E-state index contributed by atoms with van der Waals surface area (Å²) >= 11 is 0. The molecule has 1 fully saturated rings. The topological polar surface area (TPSA) is 63.6 Å². The zero-order chi connectivity index (χ0) is 22.9. The van der Waals surface area contributed by atoms with Crippen LogP contribution in [-0.4, -0.2) is 36.4 Å². The number of hydrogen-bond acceptors (Lipinski definition) is 4. The molecular weight excluding hydrogens is 421 g/mol. The lowest BCUT2D eigenvalue weighted by Crippen LogP contribution is -2.28. The Morgan fingerprint density at radius 1 is 1.06 bits per heavy atom. The van der Waals surface area contributed by atoms with Gasteiger partial charge in [-0.05, 0) is 60.7 Å². The number of cyclic esters (lactones) is 1. The number of halogens is 1. The number of amides is 1. The largest absolute Gasteiger partial charge is 0.444 e. The summed E-state index contributed by atoms with van der Waals surface area (Å²) in [5, 5.41) is 4.26. The number of ether oxygens (including phenoxy) is 1. The van der Waals surface area contributed by atoms with Crippen molar-refractivity contribution in [2.75, 3.05) is 24.5 Å². The number of aryl methyl sites for hydroxylation is 1. The molecule has 2 aromatic carbocycles. The Morgan fingerprint density at radius 3 is 2.64 bits per heavy atom. The predicted molar refractivity (Wildman–Crippen MR) is 126 cm³/mol. The number of carbonyl (C=O) groups excluding carboxylic acids is 1. The summed E-state index contributed by atoms with van der Waals surface area (Å²) in [4.78, 5) is 26.3. The summed E-state index contributed by atoms with van der Waals surface area (Å²) in [5.41, 5.74) is 3.34. The molecule has 1 N–H and O–H groups in total. The summed E-state index contributed by atoms with van der Waals surface area (Å²) in [6, 6.07) is 14.6. The van der Waals surface area contributed by atoms with E-state index in [2.05, 4.69) is 24.4 Å². The molecule has 2 aliphatic heterocycles. The molecule has 2 atom stereocenters. The number of nitrogens with one attached hydrogen (secondary N) is 1. The van der Waals surface area contributed by atoms with Crippen LogP contribution in [0.15, 0.2) is 53.3 Å². The van der Waals surface area contributed by atoms with Crippen LogP contribution in [0.2, 0.25) is 0 Å². The van der Waals surface area contributed by atoms with E-state index < -0.39 is 0 Å². The summed E-state index contributed by atoms with van der Waals surface area (Å²) in [7, 11) is 0. The zero-order valence-electron chi connectivity index (χ0n) is 18.7. The van der Waals surface area contributed by atoms with Gasteiger partial charge in [-0.2, -0.15) is 0 Å². The standard InChI is InChI=1S/C26H28FN3O3/c1-2-3-17-4-8-20(9-5-17)29-16-21(33-26(29)32)12-13-28-14-19-15-30-23(31)11-7-18-6-10-22(27)24(19)25(18)30/h4-11,19,21,28H,2-3,12-16H2,1H3/t19?,21-/m1/s1. The third-order valence-corrected chi connectivity index (χ3v) is 6.64. The number of hydrogen-bond donors (Lipinski definition) is 1. The van der Waals surface area contributed by atoms with E-state index in [4.69, 9.17) is 4.74 Å². The maximum atomic E-state index is 14.6. The van der Waals surface area contributed by atoms with Crippen molar-refractivity contribution in [1.82, 2.24) is 9.88 Å². The van der Waals surface area contributed by atoms with Crippen LogP contribution in [0.25, 0.3) is 10.9 Å². The predicted octanol–water partition coefficient (Wildman–Crippen LogP) is 4.20. The summed E-state index contributed by atoms with van der Waals surface area (Å²) in [5.74, 6) is -0.371. The molecule has 5 rings (SSSR count). The molecule has 1 aromatic heterocycles. The minimum absolute atomic E-state index is 0.0995. The van der Waals surface area contributed by atoms with E-state index in [1.165, 1.54) is 17.7 Å². The Labute approximate surface area is 192 Å². The highest BCUT2D eigenvalue weighted by molar-refractivity contribution is 5.89. The number of nitrogens with zero attached hydrogens (tertiary/aromatic N) is 2. The van der Waals surface area contributed by atoms with Gasteiger partial charge in [0.15, 0.2) is 0 Å². The lowest BCUT2D eigenvalue weighted by molar-refractivity contribution is 0.136. The Hall–Kier alpha value is -3.19. The lowest BCUT2D eigenvalue weighted by Gasteiger charge is -2.15. The molecule has 0 bridgehead atoms. The van der Waals surface area contributed by atoms with E-state index >= 15 is 0 Å². The number of anilines is 1. The molecule has 172 valence electrons. The van der Waals surface area contributed by atoms with Gasteiger partial charge in [0, 0.05) is 36.3 Å². The molecule has 0 saturated carbocycles. The molecule has 0 spiro atoms. The van der Waals surface area contributed by atoms with Crippen molar-refractivity contribution in [3.05, 3.63) is 75.8 Å². The maximum absolute atomic E-state index is 14.6. The number of pyridine rings is 1. The normalized spacial score (nSPS) is 19.5. The first kappa shape index (κ1) is 21.6. The van der Waals surface area contributed by atoms with Gasteiger partial charge in [-0.1, -0.05) is 25.5 Å². The van der Waals surface area contributed by atoms with Gasteiger partial charge in [0.2, 0.25) is 0 Å². The molecule has 3 aromatic rings. The van der Waals surface area contributed by atoms with Gasteiger partial charge in [-0.15, -0.1) is 0 Å². The van der Waals surface area contributed by atoms with Crippen molar-refractivity contribution in [2.45, 2.75) is 44.8 Å². The zero-order valence-corrected chi connectivity index (χ0v) is 18.7. The van der Waals surface area contributed by atoms with E-state index in [9.17, 15) is 14.0 Å². The van der Waals surface area contributed by atoms with E-state index in [0.29, 0.717) is 43.7 Å². The van der Waals surface area contributed by atoms with Crippen LogP contribution in [0, 0.1) is 5.82 Å². The van der Waals surface area contributed by atoms with Crippen LogP contribution < -0.4 is 15.8 Å². The van der Waals surface area contributed by atoms with Crippen molar-refractivity contribution < 1.29 is 13.9 Å². The highest BCUT2D eigenvalue weighted by Gasteiger charge is 2.32. The number of aromatic nitrogens is 1. The van der Waals surface area contributed by atoms with Gasteiger partial charge >= 0.3 is 6.09 Å². The fraction of sp³-hybridized carbons (Fsp3) is 0.385. The Morgan fingerprint density at radius 2 is 1.85 bits per heavy atom. The Balaban J connectivity index is 1.16. The summed E-state index contributed by atoms with van der Waals surface area (Å²) in [6.07, 6.45) is 2.28. The average molecular weight is 450 g/mol. The summed E-state index contributed by atoms with van der Waals surface area (Å²) in [6.45, 7) is 4.33. The minimum Gasteiger partial charge on any atom is -0.444 e. The first-order valence-corrected chi connectivity index (χ1v) is 11.6. The average Bonchev–Trinajstić information content (AvgIpc) is 3.38. The molecule has 1 amide bonds. The second kappa shape index (κ2) is 8.98. The molecule has 6 nitrogen and oxygen atoms in total. The van der Waals surface area contributed by atoms with Crippen molar-refractivity contribution in [3.63, 3.8) is 0 Å². The molecule has 3 heterocycles. The second-order valence-electron chi connectivity index (χ2n) is 8.90. The number of benzene rings is 2. The van der Waals surface area contributed by atoms with Gasteiger partial charge in [-0.3, -0.25) is 9.69 Å². The van der Waals surface area contributed by atoms with Gasteiger partial charge in [0.25, 0.3) is 5.56 Å². The fourth-order valence-corrected chi connectivity index (χ4v) is 5.00. The monoisotopic (exact) mass is 449 g/mol. The van der Waals surface area contributed by atoms with Crippen LogP contribution in [-0.2, 0) is 17.7 Å². The smallest absolute Gasteiger partial charge is 0.414 e. The van der Waals surface area contributed by atoms with E-state index in [1.807, 2.05) is 12.1 Å². The van der Waals surface area contributed by atoms with Gasteiger partial charge in [0.05, 0.1) is 12.1 Å². The quantitative estimate of drug-likeness (QED) is 0.524. The van der Waals surface area contributed by atoms with E-state index in [0.717, 1.165) is 23.9 Å². The Kier molecular flexibility index (Phi) is 5.89. The first-order valence-electron chi connectivity index (χ1n) is 11.6. The number of carbonyl (C=O) groups is 1. The molecule has 0 radical (unpaired) electrons. The molecule has 1 saturated heterocycles. The van der Waals surface area contributed by atoms with Crippen LogP contribution >= 0.6 is 0 Å². The third-order valence-electron chi connectivity index (χ3n) is 6.64. The van der Waals surface area contributed by atoms with Gasteiger partial charge in [-0.25, -0.2) is 9.18 Å². The molecule has 33 heavy (non-hydrogen) atoms. The van der Waals surface area contributed by atoms with Crippen molar-refractivity contribution in [3.8, 4) is 0 Å². The van der Waals surface area contributed by atoms with Gasteiger partial charge in [0.1, 0.15) is 11.9 Å². The molecular formula is C26H28FN3O3. The summed E-state index contributed by atoms with van der Waals surface area (Å²) < 4.78 is 21.8. The SMILES string of the molecule is CCCc1ccc(N2C[C@@H](CCNCC3Cn4c(=O)ccc5ccc(F)c3c54)OC2=O)cc1. The fourth-order valence-electron chi connectivity index (χ4n) is 5.00. The third kappa shape index (κ3) is 4.13. The first-order chi connectivity index (χ1) is 16.0. The van der Waals surface area contributed by atoms with Crippen molar-refractivity contribution >= 4 is 22.7 Å². The second-order valence-corrected chi connectivity index (χ2v) is 8.90. The van der Waals surface area contributed by atoms with E-state index in [-0.39, 0.29) is 29.5 Å². The van der Waals surface area contributed by atoms with E-state index in [1.54, 1.807) is 21.6 Å². The van der Waals surface area contributed by atoms with Crippen LogP contribution in [0.5, 0.6) is 0 Å². The van der Waals surface area contributed by atoms with Crippen LogP contribution in [0.1, 0.15) is 36.8 Å². The molecule has 1 unspecified atom stereocenters. The van der Waals surface area contributed by atoms with Gasteiger partial charge < -0.3 is 14.6 Å². The molecule has 0 aliphatic carbocycles. The van der Waals surface area contributed by atoms with Crippen LogP contribution in [0.4, 0.5) is 14.9 Å². The minimum atomic E-state index is -0.317. The van der Waals surface area contributed by atoms with Crippen molar-refractivity contribution in [2.24, 2.45) is 0 Å². The number of rotatable bonds is 8. The highest BCUT2D eigenvalue weighted by atomic mass is 19.1. The molecule has 2 aliphatic rings. The highest BCUT2D eigenvalue weighted by Crippen LogP contribution is 2.34. The van der Waals surface area contributed by atoms with Crippen LogP contribution in [0.3, 0.4) is 0 Å². The Bertz CT molecular complexity index is 1240. The maximum Gasteiger partial charge on any atom is 0.414 e. The molecule has 7 heteroatoms. The lowest BCUT2D eigenvalue weighted by atomic mass is 9.99. The van der Waals surface area contributed by atoms with Crippen molar-refractivity contribution in [1.29, 1.82) is 0 Å².